The van der Waals surface area contributed by atoms with Crippen LogP contribution in [0.4, 0.5) is 5.69 Å². The molecule has 0 aliphatic carbocycles. The highest BCUT2D eigenvalue weighted by Gasteiger charge is 2.14. The molecule has 0 radical (unpaired) electrons. The van der Waals surface area contributed by atoms with E-state index in [0.29, 0.717) is 6.54 Å². The van der Waals surface area contributed by atoms with E-state index in [1.54, 1.807) is 13.1 Å². The number of aryl methyl sites for hydroxylation is 3. The Hall–Kier alpha value is -3.67. The van der Waals surface area contributed by atoms with Gasteiger partial charge in [-0.2, -0.15) is 5.10 Å². The molecule has 0 saturated heterocycles. The molecule has 1 aromatic heterocycles. The number of benzene rings is 2. The van der Waals surface area contributed by atoms with Crippen molar-refractivity contribution in [1.82, 2.24) is 14.7 Å². The second-order valence-electron chi connectivity index (χ2n) is 8.31. The molecule has 2 aromatic carbocycles. The van der Waals surface area contributed by atoms with Gasteiger partial charge in [-0.15, -0.1) is 0 Å². The Morgan fingerprint density at radius 1 is 1.06 bits per heavy atom. The molecule has 2 amide bonds. The van der Waals surface area contributed by atoms with Gasteiger partial charge in [0.1, 0.15) is 0 Å². The lowest BCUT2D eigenvalue weighted by molar-refractivity contribution is -0.129. The molecule has 0 aliphatic heterocycles. The zero-order valence-corrected chi connectivity index (χ0v) is 20.1. The van der Waals surface area contributed by atoms with Crippen LogP contribution >= 0.6 is 0 Å². The number of likely N-dealkylation sites (N-methyl/N-ethyl adjacent to an activating group) is 1. The maximum absolute atomic E-state index is 12.6. The predicted molar refractivity (Wildman–Crippen MR) is 133 cm³/mol. The predicted octanol–water partition coefficient (Wildman–Crippen LogP) is 4.53. The van der Waals surface area contributed by atoms with E-state index in [0.717, 1.165) is 34.6 Å². The van der Waals surface area contributed by atoms with Gasteiger partial charge in [-0.25, -0.2) is 0 Å². The molecular formula is C27H32N4O2. The van der Waals surface area contributed by atoms with E-state index in [2.05, 4.69) is 41.6 Å². The van der Waals surface area contributed by atoms with Crippen molar-refractivity contribution < 1.29 is 9.59 Å². The standard InChI is InChI=1S/C27H32N4O2/c1-6-23-9-7-8-10-25(23)28-26(32)18-30(5)27(33)16-15-24-20(3)29-31(21(24)4)17-22-13-11-19(2)12-14-22/h7-16H,6,17-18H2,1-5H3,(H,28,32)/b16-15+. The van der Waals surface area contributed by atoms with Crippen LogP contribution in [-0.4, -0.2) is 40.1 Å². The van der Waals surface area contributed by atoms with Crippen molar-refractivity contribution in [2.75, 3.05) is 18.9 Å². The second-order valence-corrected chi connectivity index (χ2v) is 8.31. The van der Waals surface area contributed by atoms with Crippen LogP contribution in [0.1, 0.15) is 40.6 Å². The van der Waals surface area contributed by atoms with E-state index in [1.807, 2.05) is 49.7 Å². The number of anilines is 1. The van der Waals surface area contributed by atoms with Gasteiger partial charge in [-0.3, -0.25) is 14.3 Å². The van der Waals surface area contributed by atoms with Crippen LogP contribution in [0.3, 0.4) is 0 Å². The highest BCUT2D eigenvalue weighted by atomic mass is 16.2. The van der Waals surface area contributed by atoms with Crippen LogP contribution in [0.15, 0.2) is 54.6 Å². The zero-order valence-electron chi connectivity index (χ0n) is 20.1. The summed E-state index contributed by atoms with van der Waals surface area (Å²) in [6.07, 6.45) is 4.11. The SMILES string of the molecule is CCc1ccccc1NC(=O)CN(C)C(=O)/C=C/c1c(C)nn(Cc2ccc(C)cc2)c1C. The van der Waals surface area contributed by atoms with E-state index in [9.17, 15) is 9.59 Å². The number of aromatic nitrogens is 2. The monoisotopic (exact) mass is 444 g/mol. The first-order valence-electron chi connectivity index (χ1n) is 11.2. The van der Waals surface area contributed by atoms with Crippen LogP contribution in [0.2, 0.25) is 0 Å². The molecule has 0 atom stereocenters. The Bertz CT molecular complexity index is 1160. The van der Waals surface area contributed by atoms with E-state index in [-0.39, 0.29) is 18.4 Å². The molecule has 0 spiro atoms. The zero-order chi connectivity index (χ0) is 24.0. The molecule has 0 aliphatic rings. The van der Waals surface area contributed by atoms with Gasteiger partial charge in [0, 0.05) is 30.1 Å². The summed E-state index contributed by atoms with van der Waals surface area (Å²) in [6.45, 7) is 8.70. The van der Waals surface area contributed by atoms with E-state index in [1.165, 1.54) is 22.1 Å². The third-order valence-electron chi connectivity index (χ3n) is 5.71. The number of carbonyl (C=O) groups is 2. The van der Waals surface area contributed by atoms with E-state index < -0.39 is 0 Å². The van der Waals surface area contributed by atoms with Gasteiger partial charge in [0.25, 0.3) is 0 Å². The highest BCUT2D eigenvalue weighted by molar-refractivity contribution is 5.98. The molecule has 1 N–H and O–H groups in total. The maximum atomic E-state index is 12.6. The molecule has 6 nitrogen and oxygen atoms in total. The van der Waals surface area contributed by atoms with Crippen molar-refractivity contribution in [2.45, 2.75) is 40.7 Å². The molecule has 0 unspecified atom stereocenters. The van der Waals surface area contributed by atoms with Gasteiger partial charge in [0.2, 0.25) is 11.8 Å². The summed E-state index contributed by atoms with van der Waals surface area (Å²) in [7, 11) is 1.62. The molecule has 3 aromatic rings. The molecular weight excluding hydrogens is 412 g/mol. The van der Waals surface area contributed by atoms with Crippen LogP contribution in [0, 0.1) is 20.8 Å². The molecule has 0 fully saturated rings. The first-order valence-corrected chi connectivity index (χ1v) is 11.2. The first kappa shape index (κ1) is 24.0. The van der Waals surface area contributed by atoms with Crippen molar-refractivity contribution in [2.24, 2.45) is 0 Å². The number of rotatable bonds is 8. The van der Waals surface area contributed by atoms with Crippen molar-refractivity contribution in [3.8, 4) is 0 Å². The normalized spacial score (nSPS) is 11.1. The Kier molecular flexibility index (Phi) is 7.83. The number of nitrogens with zero attached hydrogens (tertiary/aromatic N) is 3. The number of hydrogen-bond donors (Lipinski definition) is 1. The van der Waals surface area contributed by atoms with Gasteiger partial charge in [-0.1, -0.05) is 55.0 Å². The average Bonchev–Trinajstić information content (AvgIpc) is 3.06. The molecule has 33 heavy (non-hydrogen) atoms. The minimum atomic E-state index is -0.237. The van der Waals surface area contributed by atoms with E-state index in [4.69, 9.17) is 0 Å². The van der Waals surface area contributed by atoms with Crippen molar-refractivity contribution >= 4 is 23.6 Å². The first-order chi connectivity index (χ1) is 15.8. The largest absolute Gasteiger partial charge is 0.333 e. The van der Waals surface area contributed by atoms with Crippen molar-refractivity contribution in [1.29, 1.82) is 0 Å². The number of hydrogen-bond acceptors (Lipinski definition) is 3. The van der Waals surface area contributed by atoms with Crippen LogP contribution in [0.25, 0.3) is 6.08 Å². The van der Waals surface area contributed by atoms with Gasteiger partial charge in [-0.05, 0) is 50.5 Å². The minimum absolute atomic E-state index is 0.0220. The maximum Gasteiger partial charge on any atom is 0.246 e. The topological polar surface area (TPSA) is 67.2 Å². The van der Waals surface area contributed by atoms with Crippen LogP contribution < -0.4 is 5.32 Å². The number of carbonyl (C=O) groups excluding carboxylic acids is 2. The minimum Gasteiger partial charge on any atom is -0.333 e. The van der Waals surface area contributed by atoms with Crippen LogP contribution in [0.5, 0.6) is 0 Å². The van der Waals surface area contributed by atoms with Crippen molar-refractivity contribution in [3.63, 3.8) is 0 Å². The highest BCUT2D eigenvalue weighted by Crippen LogP contribution is 2.17. The Morgan fingerprint density at radius 3 is 2.45 bits per heavy atom. The lowest BCUT2D eigenvalue weighted by atomic mass is 10.1. The smallest absolute Gasteiger partial charge is 0.246 e. The molecule has 172 valence electrons. The summed E-state index contributed by atoms with van der Waals surface area (Å²) in [4.78, 5) is 26.4. The molecule has 1 heterocycles. The fourth-order valence-corrected chi connectivity index (χ4v) is 3.69. The second kappa shape index (κ2) is 10.8. The molecule has 0 saturated carbocycles. The van der Waals surface area contributed by atoms with Crippen molar-refractivity contribution in [3.05, 3.63) is 88.2 Å². The number of amides is 2. The fourth-order valence-electron chi connectivity index (χ4n) is 3.69. The molecule has 0 bridgehead atoms. The Labute approximate surface area is 195 Å². The Morgan fingerprint density at radius 2 is 1.76 bits per heavy atom. The Balaban J connectivity index is 1.63. The van der Waals surface area contributed by atoms with E-state index >= 15 is 0 Å². The molecule has 3 rings (SSSR count). The lowest BCUT2D eigenvalue weighted by Crippen LogP contribution is -2.34. The fraction of sp³-hybridized carbons (Fsp3) is 0.296. The van der Waals surface area contributed by atoms with Gasteiger partial charge in [0.15, 0.2) is 0 Å². The third-order valence-corrected chi connectivity index (χ3v) is 5.71. The average molecular weight is 445 g/mol. The van der Waals surface area contributed by atoms with Gasteiger partial charge >= 0.3 is 0 Å². The summed E-state index contributed by atoms with van der Waals surface area (Å²) in [6, 6.07) is 16.1. The summed E-state index contributed by atoms with van der Waals surface area (Å²) in [5.74, 6) is -0.461. The van der Waals surface area contributed by atoms with Crippen LogP contribution in [-0.2, 0) is 22.6 Å². The summed E-state index contributed by atoms with van der Waals surface area (Å²) in [5, 5.41) is 7.54. The lowest BCUT2D eigenvalue weighted by Gasteiger charge is -2.16. The number of para-hydroxylation sites is 1. The van der Waals surface area contributed by atoms with Gasteiger partial charge in [0.05, 0.1) is 18.8 Å². The number of nitrogens with one attached hydrogen (secondary N) is 1. The summed E-state index contributed by atoms with van der Waals surface area (Å²) >= 11 is 0. The quantitative estimate of drug-likeness (QED) is 0.519. The van der Waals surface area contributed by atoms with Gasteiger partial charge < -0.3 is 10.2 Å². The summed E-state index contributed by atoms with van der Waals surface area (Å²) in [5.41, 5.74) is 7.02. The third kappa shape index (κ3) is 6.19. The summed E-state index contributed by atoms with van der Waals surface area (Å²) < 4.78 is 1.95. The molecule has 6 heteroatoms.